The summed E-state index contributed by atoms with van der Waals surface area (Å²) in [6, 6.07) is 3.11. The largest absolute Gasteiger partial charge is 0.388 e. The highest BCUT2D eigenvalue weighted by Gasteiger charge is 2.33. The van der Waals surface area contributed by atoms with Crippen LogP contribution in [0.4, 0.5) is 0 Å². The van der Waals surface area contributed by atoms with Gasteiger partial charge in [0.1, 0.15) is 6.04 Å². The molecule has 1 heterocycles. The van der Waals surface area contributed by atoms with Crippen LogP contribution in [-0.4, -0.2) is 23.2 Å². The molecule has 0 saturated heterocycles. The van der Waals surface area contributed by atoms with Gasteiger partial charge >= 0.3 is 0 Å². The number of carbonyl (C=O) groups is 1. The molecular weight excluding hydrogens is 272 g/mol. The molecule has 0 aliphatic heterocycles. The Kier molecular flexibility index (Phi) is 5.18. The maximum absolute atomic E-state index is 12.0. The Labute approximate surface area is 124 Å². The Morgan fingerprint density at radius 1 is 1.60 bits per heavy atom. The van der Waals surface area contributed by atoms with Gasteiger partial charge in [-0.1, -0.05) is 19.4 Å². The number of hydrogen-bond donors (Lipinski definition) is 3. The standard InChI is InChI=1S/C15H24N2O2S/c1-2-11-5-7-15(19,8-6-11)10-17-14(18)13(16)12-4-3-9-20-12/h3-4,9,11,13,19H,2,5-8,10,16H2,1H3,(H,17,18). The Morgan fingerprint density at radius 3 is 2.85 bits per heavy atom. The van der Waals surface area contributed by atoms with Gasteiger partial charge in [-0.3, -0.25) is 4.79 Å². The average Bonchev–Trinajstić information content (AvgIpc) is 2.99. The molecule has 1 aliphatic rings. The highest BCUT2D eigenvalue weighted by Crippen LogP contribution is 2.33. The van der Waals surface area contributed by atoms with E-state index in [0.717, 1.165) is 36.5 Å². The molecule has 1 aromatic heterocycles. The molecule has 0 radical (unpaired) electrons. The Morgan fingerprint density at radius 2 is 2.30 bits per heavy atom. The van der Waals surface area contributed by atoms with Gasteiger partial charge in [-0.25, -0.2) is 0 Å². The molecule has 112 valence electrons. The van der Waals surface area contributed by atoms with Crippen LogP contribution >= 0.6 is 11.3 Å². The molecule has 1 unspecified atom stereocenters. The third-order valence-electron chi connectivity index (χ3n) is 4.34. The zero-order chi connectivity index (χ0) is 14.6. The third kappa shape index (κ3) is 3.81. The summed E-state index contributed by atoms with van der Waals surface area (Å²) < 4.78 is 0. The van der Waals surface area contributed by atoms with Gasteiger partial charge in [0.25, 0.3) is 0 Å². The van der Waals surface area contributed by atoms with Crippen molar-refractivity contribution >= 4 is 17.2 Å². The molecule has 1 aliphatic carbocycles. The van der Waals surface area contributed by atoms with Crippen molar-refractivity contribution in [2.24, 2.45) is 11.7 Å². The molecule has 0 aromatic carbocycles. The smallest absolute Gasteiger partial charge is 0.242 e. The number of nitrogens with two attached hydrogens (primary N) is 1. The number of aliphatic hydroxyl groups is 1. The minimum absolute atomic E-state index is 0.210. The number of carbonyl (C=O) groups excluding carboxylic acids is 1. The van der Waals surface area contributed by atoms with Crippen molar-refractivity contribution in [2.45, 2.75) is 50.7 Å². The number of rotatable bonds is 5. The lowest BCUT2D eigenvalue weighted by Gasteiger charge is -2.36. The summed E-state index contributed by atoms with van der Waals surface area (Å²) in [5, 5.41) is 15.2. The molecular formula is C15H24N2O2S. The van der Waals surface area contributed by atoms with Crippen LogP contribution in [-0.2, 0) is 4.79 Å². The lowest BCUT2D eigenvalue weighted by atomic mass is 9.78. The first-order valence-corrected chi connectivity index (χ1v) is 8.21. The van der Waals surface area contributed by atoms with E-state index in [1.165, 1.54) is 17.8 Å². The van der Waals surface area contributed by atoms with E-state index in [1.54, 1.807) is 0 Å². The summed E-state index contributed by atoms with van der Waals surface area (Å²) >= 11 is 1.47. The van der Waals surface area contributed by atoms with Crippen LogP contribution in [0.1, 0.15) is 49.9 Å². The van der Waals surface area contributed by atoms with E-state index in [0.29, 0.717) is 6.54 Å². The molecule has 0 bridgehead atoms. The first-order valence-electron chi connectivity index (χ1n) is 7.33. The highest BCUT2D eigenvalue weighted by molar-refractivity contribution is 7.10. The SMILES string of the molecule is CCC1CCC(O)(CNC(=O)C(N)c2cccs2)CC1. The fourth-order valence-electron chi connectivity index (χ4n) is 2.76. The van der Waals surface area contributed by atoms with Crippen LogP contribution in [0.3, 0.4) is 0 Å². The van der Waals surface area contributed by atoms with Crippen molar-refractivity contribution in [3.05, 3.63) is 22.4 Å². The number of thiophene rings is 1. The maximum Gasteiger partial charge on any atom is 0.242 e. The van der Waals surface area contributed by atoms with Crippen LogP contribution in [0.15, 0.2) is 17.5 Å². The van der Waals surface area contributed by atoms with Gasteiger partial charge in [0, 0.05) is 11.4 Å². The van der Waals surface area contributed by atoms with Gasteiger partial charge in [-0.2, -0.15) is 0 Å². The molecule has 0 spiro atoms. The van der Waals surface area contributed by atoms with Crippen molar-refractivity contribution in [1.29, 1.82) is 0 Å². The van der Waals surface area contributed by atoms with E-state index < -0.39 is 11.6 Å². The summed E-state index contributed by atoms with van der Waals surface area (Å²) in [4.78, 5) is 12.9. The van der Waals surface area contributed by atoms with E-state index in [-0.39, 0.29) is 5.91 Å². The first-order chi connectivity index (χ1) is 9.54. The second-order valence-electron chi connectivity index (χ2n) is 5.79. The zero-order valence-electron chi connectivity index (χ0n) is 12.0. The first kappa shape index (κ1) is 15.5. The van der Waals surface area contributed by atoms with E-state index in [9.17, 15) is 9.90 Å². The van der Waals surface area contributed by atoms with Crippen molar-refractivity contribution in [3.8, 4) is 0 Å². The normalized spacial score (nSPS) is 28.1. The molecule has 1 fully saturated rings. The summed E-state index contributed by atoms with van der Waals surface area (Å²) in [6.45, 7) is 2.50. The lowest BCUT2D eigenvalue weighted by Crippen LogP contribution is -2.47. The fraction of sp³-hybridized carbons (Fsp3) is 0.667. The van der Waals surface area contributed by atoms with Crippen LogP contribution in [0.5, 0.6) is 0 Å². The quantitative estimate of drug-likeness (QED) is 0.779. The average molecular weight is 296 g/mol. The Balaban J connectivity index is 1.81. The predicted molar refractivity (Wildman–Crippen MR) is 81.5 cm³/mol. The minimum Gasteiger partial charge on any atom is -0.388 e. The molecule has 2 rings (SSSR count). The van der Waals surface area contributed by atoms with Crippen molar-refractivity contribution in [2.75, 3.05) is 6.54 Å². The fourth-order valence-corrected chi connectivity index (χ4v) is 3.48. The van der Waals surface area contributed by atoms with Crippen LogP contribution < -0.4 is 11.1 Å². The molecule has 1 amide bonds. The molecule has 1 atom stereocenters. The van der Waals surface area contributed by atoms with Crippen molar-refractivity contribution < 1.29 is 9.90 Å². The minimum atomic E-state index is -0.753. The molecule has 1 saturated carbocycles. The zero-order valence-corrected chi connectivity index (χ0v) is 12.8. The van der Waals surface area contributed by atoms with Gasteiger partial charge in [0.05, 0.1) is 5.60 Å². The van der Waals surface area contributed by atoms with E-state index in [2.05, 4.69) is 12.2 Å². The summed E-state index contributed by atoms with van der Waals surface area (Å²) in [6.07, 6.45) is 4.78. The van der Waals surface area contributed by atoms with Gasteiger partial charge < -0.3 is 16.2 Å². The second-order valence-corrected chi connectivity index (χ2v) is 6.77. The predicted octanol–water partition coefficient (Wildman–Crippen LogP) is 2.20. The second kappa shape index (κ2) is 6.70. The summed E-state index contributed by atoms with van der Waals surface area (Å²) in [5.74, 6) is 0.512. The van der Waals surface area contributed by atoms with Crippen LogP contribution in [0.2, 0.25) is 0 Å². The highest BCUT2D eigenvalue weighted by atomic mass is 32.1. The number of nitrogens with one attached hydrogen (secondary N) is 1. The lowest BCUT2D eigenvalue weighted by molar-refractivity contribution is -0.124. The summed E-state index contributed by atoms with van der Waals surface area (Å²) in [7, 11) is 0. The molecule has 5 heteroatoms. The number of amides is 1. The van der Waals surface area contributed by atoms with Crippen LogP contribution in [0.25, 0.3) is 0 Å². The number of hydrogen-bond acceptors (Lipinski definition) is 4. The third-order valence-corrected chi connectivity index (χ3v) is 5.29. The van der Waals surface area contributed by atoms with Gasteiger partial charge in [0.2, 0.25) is 5.91 Å². The summed E-state index contributed by atoms with van der Waals surface area (Å²) in [5.41, 5.74) is 5.15. The van der Waals surface area contributed by atoms with Crippen molar-refractivity contribution in [3.63, 3.8) is 0 Å². The van der Waals surface area contributed by atoms with E-state index >= 15 is 0 Å². The van der Waals surface area contributed by atoms with Crippen molar-refractivity contribution in [1.82, 2.24) is 5.32 Å². The topological polar surface area (TPSA) is 75.3 Å². The van der Waals surface area contributed by atoms with E-state index in [1.807, 2.05) is 17.5 Å². The monoisotopic (exact) mass is 296 g/mol. The molecule has 1 aromatic rings. The van der Waals surface area contributed by atoms with Gasteiger partial charge in [-0.05, 0) is 43.0 Å². The molecule has 4 N–H and O–H groups in total. The maximum atomic E-state index is 12.0. The van der Waals surface area contributed by atoms with E-state index in [4.69, 9.17) is 5.73 Å². The Hall–Kier alpha value is -0.910. The van der Waals surface area contributed by atoms with Gasteiger partial charge in [0.15, 0.2) is 0 Å². The Bertz CT molecular complexity index is 425. The van der Waals surface area contributed by atoms with Gasteiger partial charge in [-0.15, -0.1) is 11.3 Å². The molecule has 20 heavy (non-hydrogen) atoms. The molecule has 4 nitrogen and oxygen atoms in total. The van der Waals surface area contributed by atoms with Crippen LogP contribution in [0, 0.1) is 5.92 Å².